The molecule has 0 fully saturated rings. The molecule has 0 aliphatic carbocycles. The molecule has 1 rings (SSSR count). The van der Waals surface area contributed by atoms with E-state index < -0.39 is 10.0 Å². The third kappa shape index (κ3) is 4.27. The van der Waals surface area contributed by atoms with Gasteiger partial charge in [0.1, 0.15) is 0 Å². The van der Waals surface area contributed by atoms with Crippen LogP contribution in [-0.2, 0) is 14.8 Å². The van der Waals surface area contributed by atoms with Gasteiger partial charge in [0.2, 0.25) is 10.0 Å². The van der Waals surface area contributed by atoms with Crippen molar-refractivity contribution in [2.75, 3.05) is 20.3 Å². The average molecular weight is 278 g/mol. The van der Waals surface area contributed by atoms with Gasteiger partial charge in [0.15, 0.2) is 0 Å². The van der Waals surface area contributed by atoms with E-state index in [0.29, 0.717) is 24.6 Å². The molecule has 0 bridgehead atoms. The fraction of sp³-hybridized carbons (Fsp3) is 0.455. The zero-order valence-corrected chi connectivity index (χ0v) is 11.4. The van der Waals surface area contributed by atoms with Crippen LogP contribution in [0.2, 0.25) is 5.02 Å². The van der Waals surface area contributed by atoms with E-state index in [1.165, 1.54) is 6.07 Å². The first-order valence-electron chi connectivity index (χ1n) is 5.22. The van der Waals surface area contributed by atoms with E-state index in [2.05, 4.69) is 4.72 Å². The van der Waals surface area contributed by atoms with Crippen molar-refractivity contribution in [1.29, 1.82) is 0 Å². The lowest BCUT2D eigenvalue weighted by atomic mass is 10.2. The van der Waals surface area contributed by atoms with Gasteiger partial charge in [0.05, 0.1) is 4.90 Å². The summed E-state index contributed by atoms with van der Waals surface area (Å²) in [5.41, 5.74) is 0.852. The number of hydrogen-bond donors (Lipinski definition) is 1. The number of ether oxygens (including phenoxy) is 1. The maximum atomic E-state index is 11.8. The van der Waals surface area contributed by atoms with Crippen LogP contribution in [0.15, 0.2) is 23.1 Å². The van der Waals surface area contributed by atoms with Crippen LogP contribution >= 0.6 is 11.6 Å². The van der Waals surface area contributed by atoms with Crippen LogP contribution in [-0.4, -0.2) is 28.7 Å². The Morgan fingerprint density at radius 1 is 1.41 bits per heavy atom. The molecule has 0 aromatic heterocycles. The second-order valence-electron chi connectivity index (χ2n) is 3.66. The van der Waals surface area contributed by atoms with Gasteiger partial charge in [-0.1, -0.05) is 17.7 Å². The summed E-state index contributed by atoms with van der Waals surface area (Å²) in [7, 11) is -1.89. The number of rotatable bonds is 6. The predicted molar refractivity (Wildman–Crippen MR) is 67.9 cm³/mol. The Morgan fingerprint density at radius 3 is 2.71 bits per heavy atom. The molecule has 0 atom stereocenters. The van der Waals surface area contributed by atoms with Crippen LogP contribution in [0.4, 0.5) is 0 Å². The second kappa shape index (κ2) is 6.35. The number of nitrogens with one attached hydrogen (secondary N) is 1. The molecule has 0 spiro atoms. The summed E-state index contributed by atoms with van der Waals surface area (Å²) < 4.78 is 31.0. The summed E-state index contributed by atoms with van der Waals surface area (Å²) in [6, 6.07) is 4.68. The monoisotopic (exact) mass is 277 g/mol. The maximum absolute atomic E-state index is 11.8. The minimum absolute atomic E-state index is 0.186. The highest BCUT2D eigenvalue weighted by atomic mass is 35.5. The summed E-state index contributed by atoms with van der Waals surface area (Å²) in [4.78, 5) is 0.186. The van der Waals surface area contributed by atoms with Crippen molar-refractivity contribution >= 4 is 21.6 Å². The first kappa shape index (κ1) is 14.4. The van der Waals surface area contributed by atoms with E-state index in [0.717, 1.165) is 5.56 Å². The summed E-state index contributed by atoms with van der Waals surface area (Å²) in [6.07, 6.45) is 0.634. The smallest absolute Gasteiger partial charge is 0.240 e. The van der Waals surface area contributed by atoms with Crippen molar-refractivity contribution in [3.05, 3.63) is 28.8 Å². The summed E-state index contributed by atoms with van der Waals surface area (Å²) >= 11 is 5.89. The zero-order chi connectivity index (χ0) is 12.9. The van der Waals surface area contributed by atoms with Crippen molar-refractivity contribution in [3.63, 3.8) is 0 Å². The van der Waals surface area contributed by atoms with Crippen molar-refractivity contribution in [2.24, 2.45) is 0 Å². The molecule has 1 aromatic carbocycles. The standard InChI is InChI=1S/C11H16ClNO3S/c1-9-4-5-10(8-11(9)12)17(14,15)13-6-3-7-16-2/h4-5,8,13H,3,6-7H2,1-2H3. The first-order valence-corrected chi connectivity index (χ1v) is 7.08. The topological polar surface area (TPSA) is 55.4 Å². The molecule has 1 N–H and O–H groups in total. The van der Waals surface area contributed by atoms with Crippen LogP contribution in [0.3, 0.4) is 0 Å². The fourth-order valence-electron chi connectivity index (χ4n) is 1.25. The van der Waals surface area contributed by atoms with Crippen LogP contribution in [0.1, 0.15) is 12.0 Å². The van der Waals surface area contributed by atoms with E-state index in [4.69, 9.17) is 16.3 Å². The Hall–Kier alpha value is -0.620. The average Bonchev–Trinajstić information content (AvgIpc) is 2.28. The number of aryl methyl sites for hydroxylation is 1. The highest BCUT2D eigenvalue weighted by Crippen LogP contribution is 2.19. The van der Waals surface area contributed by atoms with Crippen LogP contribution in [0.25, 0.3) is 0 Å². The van der Waals surface area contributed by atoms with Gasteiger partial charge in [0, 0.05) is 25.3 Å². The Morgan fingerprint density at radius 2 is 2.12 bits per heavy atom. The van der Waals surface area contributed by atoms with E-state index >= 15 is 0 Å². The fourth-order valence-corrected chi connectivity index (χ4v) is 2.59. The van der Waals surface area contributed by atoms with E-state index in [-0.39, 0.29) is 4.90 Å². The highest BCUT2D eigenvalue weighted by Gasteiger charge is 2.13. The molecule has 1 aromatic rings. The lowest BCUT2D eigenvalue weighted by molar-refractivity contribution is 0.196. The van der Waals surface area contributed by atoms with Gasteiger partial charge in [-0.3, -0.25) is 0 Å². The largest absolute Gasteiger partial charge is 0.385 e. The molecule has 0 radical (unpaired) electrons. The Balaban J connectivity index is 2.72. The minimum Gasteiger partial charge on any atom is -0.385 e. The van der Waals surface area contributed by atoms with Crippen LogP contribution < -0.4 is 4.72 Å². The third-order valence-electron chi connectivity index (χ3n) is 2.27. The van der Waals surface area contributed by atoms with Crippen LogP contribution in [0, 0.1) is 6.92 Å². The van der Waals surface area contributed by atoms with Gasteiger partial charge in [0.25, 0.3) is 0 Å². The van der Waals surface area contributed by atoms with Crippen molar-refractivity contribution in [3.8, 4) is 0 Å². The van der Waals surface area contributed by atoms with Gasteiger partial charge in [-0.25, -0.2) is 13.1 Å². The molecule has 17 heavy (non-hydrogen) atoms. The predicted octanol–water partition coefficient (Wildman–Crippen LogP) is 1.96. The maximum Gasteiger partial charge on any atom is 0.240 e. The molecule has 6 heteroatoms. The quantitative estimate of drug-likeness (QED) is 0.809. The minimum atomic E-state index is -3.47. The molecule has 0 aliphatic rings. The Kier molecular flexibility index (Phi) is 5.39. The van der Waals surface area contributed by atoms with E-state index in [1.807, 2.05) is 6.92 Å². The van der Waals surface area contributed by atoms with Gasteiger partial charge in [-0.05, 0) is 31.0 Å². The molecule has 0 unspecified atom stereocenters. The normalized spacial score (nSPS) is 11.7. The lowest BCUT2D eigenvalue weighted by Crippen LogP contribution is -2.25. The third-order valence-corrected chi connectivity index (χ3v) is 4.14. The number of hydrogen-bond acceptors (Lipinski definition) is 3. The number of benzene rings is 1. The molecular weight excluding hydrogens is 262 g/mol. The molecule has 0 aliphatic heterocycles. The summed E-state index contributed by atoms with van der Waals surface area (Å²) in [6.45, 7) is 2.70. The van der Waals surface area contributed by atoms with Crippen molar-refractivity contribution in [1.82, 2.24) is 4.72 Å². The molecular formula is C11H16ClNO3S. The SMILES string of the molecule is COCCCNS(=O)(=O)c1ccc(C)c(Cl)c1. The Bertz CT molecular complexity index is 474. The molecule has 0 amide bonds. The van der Waals surface area contributed by atoms with E-state index in [9.17, 15) is 8.42 Å². The number of sulfonamides is 1. The molecule has 0 saturated heterocycles. The van der Waals surface area contributed by atoms with Crippen molar-refractivity contribution < 1.29 is 13.2 Å². The molecule has 0 heterocycles. The second-order valence-corrected chi connectivity index (χ2v) is 5.83. The van der Waals surface area contributed by atoms with E-state index in [1.54, 1.807) is 19.2 Å². The molecule has 0 saturated carbocycles. The number of methoxy groups -OCH3 is 1. The lowest BCUT2D eigenvalue weighted by Gasteiger charge is -2.07. The van der Waals surface area contributed by atoms with Gasteiger partial charge in [-0.2, -0.15) is 0 Å². The Labute approximate surface area is 107 Å². The number of halogens is 1. The van der Waals surface area contributed by atoms with Gasteiger partial charge in [-0.15, -0.1) is 0 Å². The van der Waals surface area contributed by atoms with Gasteiger partial charge < -0.3 is 4.74 Å². The van der Waals surface area contributed by atoms with Crippen molar-refractivity contribution in [2.45, 2.75) is 18.2 Å². The molecule has 96 valence electrons. The molecule has 4 nitrogen and oxygen atoms in total. The zero-order valence-electron chi connectivity index (χ0n) is 9.86. The van der Waals surface area contributed by atoms with Crippen LogP contribution in [0.5, 0.6) is 0 Å². The van der Waals surface area contributed by atoms with Gasteiger partial charge >= 0.3 is 0 Å². The first-order chi connectivity index (χ1) is 7.97. The highest BCUT2D eigenvalue weighted by molar-refractivity contribution is 7.89. The summed E-state index contributed by atoms with van der Waals surface area (Å²) in [5.74, 6) is 0. The summed E-state index contributed by atoms with van der Waals surface area (Å²) in [5, 5.41) is 0.449.